The molecular weight excluding hydrogens is 354 g/mol. The highest BCUT2D eigenvalue weighted by molar-refractivity contribution is 5.91. The van der Waals surface area contributed by atoms with Crippen molar-refractivity contribution in [2.24, 2.45) is 0 Å². The van der Waals surface area contributed by atoms with Crippen LogP contribution in [0.3, 0.4) is 0 Å². The van der Waals surface area contributed by atoms with Crippen molar-refractivity contribution in [3.05, 3.63) is 65.1 Å². The number of rotatable bonds is 5. The Balaban J connectivity index is 1.69. The van der Waals surface area contributed by atoms with E-state index in [1.807, 2.05) is 50.2 Å². The van der Waals surface area contributed by atoms with E-state index in [-0.39, 0.29) is 18.2 Å². The minimum absolute atomic E-state index is 0.0180. The van der Waals surface area contributed by atoms with Crippen LogP contribution in [0.1, 0.15) is 41.2 Å². The Morgan fingerprint density at radius 1 is 1.32 bits per heavy atom. The van der Waals surface area contributed by atoms with Crippen molar-refractivity contribution in [1.82, 2.24) is 14.9 Å². The Kier molecular flexibility index (Phi) is 4.86. The molecule has 0 radical (unpaired) electrons. The van der Waals surface area contributed by atoms with Gasteiger partial charge in [0.25, 0.3) is 0 Å². The predicted molar refractivity (Wildman–Crippen MR) is 107 cm³/mol. The first-order valence-corrected chi connectivity index (χ1v) is 9.51. The average molecular weight is 377 g/mol. The van der Waals surface area contributed by atoms with Crippen molar-refractivity contribution in [3.8, 4) is 0 Å². The topological polar surface area (TPSA) is 73.2 Å². The van der Waals surface area contributed by atoms with Crippen molar-refractivity contribution in [2.75, 3.05) is 0 Å². The molecule has 4 rings (SSSR count). The van der Waals surface area contributed by atoms with Gasteiger partial charge in [0, 0.05) is 40.8 Å². The third kappa shape index (κ3) is 3.50. The number of nitrogens with one attached hydrogen (secondary N) is 1. The summed E-state index contributed by atoms with van der Waals surface area (Å²) in [6.07, 6.45) is 3.55. The molecule has 6 heteroatoms. The summed E-state index contributed by atoms with van der Waals surface area (Å²) in [6.45, 7) is 4.31. The third-order valence-electron chi connectivity index (χ3n) is 5.05. The van der Waals surface area contributed by atoms with Crippen LogP contribution in [0.5, 0.6) is 0 Å². The highest BCUT2D eigenvalue weighted by Crippen LogP contribution is 2.34. The summed E-state index contributed by atoms with van der Waals surface area (Å²) in [5.74, 6) is 0. The number of amides is 1. The summed E-state index contributed by atoms with van der Waals surface area (Å²) in [4.78, 5) is 27.7. The number of hydrogen-bond donors (Lipinski definition) is 1. The second-order valence-electron chi connectivity index (χ2n) is 7.43. The number of ether oxygens (including phenoxy) is 1. The zero-order chi connectivity index (χ0) is 19.7. The second-order valence-corrected chi connectivity index (χ2v) is 7.43. The standard InChI is InChI=1S/C22H23N3O3/c1-14(2)28-22(27)24-17-10-19-18-9-15(13-26)6-7-20(18)25(21(19)11-17)12-16-5-3-4-8-23-16/h3-9,13-14,17H,10-12H2,1-2H3,(H,24,27). The number of fused-ring (bicyclic) bond motifs is 3. The van der Waals surface area contributed by atoms with E-state index in [1.54, 1.807) is 6.20 Å². The Hall–Kier alpha value is -3.15. The molecule has 1 unspecified atom stereocenters. The summed E-state index contributed by atoms with van der Waals surface area (Å²) < 4.78 is 7.47. The molecule has 0 saturated heterocycles. The van der Waals surface area contributed by atoms with Gasteiger partial charge >= 0.3 is 6.09 Å². The molecule has 144 valence electrons. The molecule has 2 aromatic heterocycles. The molecule has 28 heavy (non-hydrogen) atoms. The fraction of sp³-hybridized carbons (Fsp3) is 0.318. The molecule has 1 atom stereocenters. The number of benzene rings is 1. The molecular formula is C22H23N3O3. The number of nitrogens with zero attached hydrogens (tertiary/aromatic N) is 2. The van der Waals surface area contributed by atoms with E-state index in [4.69, 9.17) is 4.74 Å². The molecule has 0 fully saturated rings. The maximum absolute atomic E-state index is 12.0. The summed E-state index contributed by atoms with van der Waals surface area (Å²) in [6, 6.07) is 11.6. The predicted octanol–water partition coefficient (Wildman–Crippen LogP) is 3.50. The lowest BCUT2D eigenvalue weighted by Gasteiger charge is -2.16. The highest BCUT2D eigenvalue weighted by atomic mass is 16.6. The number of aldehydes is 1. The monoisotopic (exact) mass is 377 g/mol. The number of carbonyl (C=O) groups is 2. The van der Waals surface area contributed by atoms with Crippen LogP contribution in [-0.2, 0) is 24.1 Å². The Labute approximate surface area is 163 Å². The van der Waals surface area contributed by atoms with Gasteiger partial charge in [-0.05, 0) is 56.2 Å². The number of pyridine rings is 1. The summed E-state index contributed by atoms with van der Waals surface area (Å²) in [5, 5.41) is 4.03. The van der Waals surface area contributed by atoms with Crippen molar-refractivity contribution >= 4 is 23.3 Å². The summed E-state index contributed by atoms with van der Waals surface area (Å²) in [5.41, 5.74) is 5.07. The molecule has 1 aliphatic rings. The van der Waals surface area contributed by atoms with Crippen LogP contribution in [0.2, 0.25) is 0 Å². The summed E-state index contributed by atoms with van der Waals surface area (Å²) >= 11 is 0. The van der Waals surface area contributed by atoms with Gasteiger partial charge < -0.3 is 14.6 Å². The first-order valence-electron chi connectivity index (χ1n) is 9.51. The van der Waals surface area contributed by atoms with Crippen LogP contribution in [-0.4, -0.2) is 34.1 Å². The molecule has 1 N–H and O–H groups in total. The van der Waals surface area contributed by atoms with E-state index in [0.29, 0.717) is 12.1 Å². The van der Waals surface area contributed by atoms with Gasteiger partial charge in [0.05, 0.1) is 18.3 Å². The molecule has 0 bridgehead atoms. The van der Waals surface area contributed by atoms with Crippen LogP contribution in [0.25, 0.3) is 10.9 Å². The van der Waals surface area contributed by atoms with Gasteiger partial charge in [0.1, 0.15) is 6.29 Å². The molecule has 2 heterocycles. The molecule has 0 saturated carbocycles. The zero-order valence-electron chi connectivity index (χ0n) is 16.0. The van der Waals surface area contributed by atoms with Gasteiger partial charge in [-0.15, -0.1) is 0 Å². The largest absolute Gasteiger partial charge is 0.447 e. The third-order valence-corrected chi connectivity index (χ3v) is 5.05. The Morgan fingerprint density at radius 3 is 2.89 bits per heavy atom. The van der Waals surface area contributed by atoms with Crippen molar-refractivity contribution in [2.45, 2.75) is 45.4 Å². The van der Waals surface area contributed by atoms with Gasteiger partial charge in [0.15, 0.2) is 0 Å². The fourth-order valence-electron chi connectivity index (χ4n) is 3.93. The quantitative estimate of drug-likeness (QED) is 0.691. The van der Waals surface area contributed by atoms with Crippen molar-refractivity contribution in [3.63, 3.8) is 0 Å². The van der Waals surface area contributed by atoms with Crippen LogP contribution in [0, 0.1) is 0 Å². The van der Waals surface area contributed by atoms with E-state index >= 15 is 0 Å². The number of aromatic nitrogens is 2. The lowest BCUT2D eigenvalue weighted by atomic mass is 10.1. The average Bonchev–Trinajstić information content (AvgIpc) is 3.19. The van der Waals surface area contributed by atoms with Crippen LogP contribution in [0.4, 0.5) is 4.79 Å². The van der Waals surface area contributed by atoms with E-state index in [0.717, 1.165) is 35.7 Å². The van der Waals surface area contributed by atoms with Crippen LogP contribution < -0.4 is 5.32 Å². The smallest absolute Gasteiger partial charge is 0.407 e. The molecule has 0 aliphatic heterocycles. The molecule has 1 aromatic carbocycles. The first kappa shape index (κ1) is 18.2. The van der Waals surface area contributed by atoms with E-state index in [2.05, 4.69) is 14.9 Å². The van der Waals surface area contributed by atoms with Crippen LogP contribution >= 0.6 is 0 Å². The minimum atomic E-state index is -0.390. The Morgan fingerprint density at radius 2 is 2.18 bits per heavy atom. The summed E-state index contributed by atoms with van der Waals surface area (Å²) in [7, 11) is 0. The number of hydrogen-bond acceptors (Lipinski definition) is 4. The molecule has 1 aliphatic carbocycles. The maximum Gasteiger partial charge on any atom is 0.407 e. The number of carbonyl (C=O) groups excluding carboxylic acids is 2. The molecule has 6 nitrogen and oxygen atoms in total. The van der Waals surface area contributed by atoms with E-state index in [1.165, 1.54) is 11.3 Å². The molecule has 3 aromatic rings. The van der Waals surface area contributed by atoms with E-state index < -0.39 is 0 Å². The lowest BCUT2D eigenvalue weighted by molar-refractivity contribution is 0.111. The van der Waals surface area contributed by atoms with Gasteiger partial charge in [-0.3, -0.25) is 9.78 Å². The van der Waals surface area contributed by atoms with Gasteiger partial charge in [-0.1, -0.05) is 6.07 Å². The first-order chi connectivity index (χ1) is 13.5. The lowest BCUT2D eigenvalue weighted by Crippen LogP contribution is -2.37. The number of alkyl carbamates (subject to hydrolysis) is 1. The van der Waals surface area contributed by atoms with Crippen molar-refractivity contribution < 1.29 is 14.3 Å². The minimum Gasteiger partial charge on any atom is -0.447 e. The zero-order valence-corrected chi connectivity index (χ0v) is 16.0. The maximum atomic E-state index is 12.0. The van der Waals surface area contributed by atoms with Gasteiger partial charge in [-0.25, -0.2) is 4.79 Å². The van der Waals surface area contributed by atoms with Crippen LogP contribution in [0.15, 0.2) is 42.6 Å². The van der Waals surface area contributed by atoms with E-state index in [9.17, 15) is 9.59 Å². The normalized spacial score (nSPS) is 15.6. The Bertz CT molecular complexity index is 1020. The SMILES string of the molecule is CC(C)OC(=O)NC1Cc2c(n(Cc3ccccn3)c3ccc(C=O)cc23)C1. The van der Waals surface area contributed by atoms with Gasteiger partial charge in [0.2, 0.25) is 0 Å². The van der Waals surface area contributed by atoms with Crippen molar-refractivity contribution in [1.29, 1.82) is 0 Å². The second kappa shape index (κ2) is 7.46. The molecule has 0 spiro atoms. The molecule has 1 amide bonds. The highest BCUT2D eigenvalue weighted by Gasteiger charge is 2.30. The fourth-order valence-corrected chi connectivity index (χ4v) is 3.93. The van der Waals surface area contributed by atoms with Gasteiger partial charge in [-0.2, -0.15) is 0 Å².